The molecular formula is C18H22N2O4S. The number of nitrogens with one attached hydrogen (secondary N) is 1. The van der Waals surface area contributed by atoms with Crippen molar-refractivity contribution >= 4 is 15.9 Å². The molecule has 0 spiro atoms. The van der Waals surface area contributed by atoms with E-state index in [4.69, 9.17) is 4.84 Å². The molecule has 25 heavy (non-hydrogen) atoms. The molecular weight excluding hydrogens is 340 g/mol. The monoisotopic (exact) mass is 362 g/mol. The Morgan fingerprint density at radius 2 is 1.68 bits per heavy atom. The zero-order valence-electron chi connectivity index (χ0n) is 14.5. The smallest absolute Gasteiger partial charge is 0.269 e. The molecule has 0 radical (unpaired) electrons. The van der Waals surface area contributed by atoms with Crippen molar-refractivity contribution in [3.63, 3.8) is 0 Å². The van der Waals surface area contributed by atoms with E-state index in [9.17, 15) is 13.2 Å². The number of hydrogen-bond donors (Lipinski definition) is 1. The predicted molar refractivity (Wildman–Crippen MR) is 95.2 cm³/mol. The summed E-state index contributed by atoms with van der Waals surface area (Å²) in [5.41, 5.74) is 3.60. The van der Waals surface area contributed by atoms with Crippen molar-refractivity contribution < 1.29 is 18.0 Å². The Labute approximate surface area is 148 Å². The first kappa shape index (κ1) is 19.1. The highest BCUT2D eigenvalue weighted by Crippen LogP contribution is 2.17. The summed E-state index contributed by atoms with van der Waals surface area (Å²) in [6, 6.07) is 15.0. The van der Waals surface area contributed by atoms with Gasteiger partial charge in [-0.15, -0.1) is 0 Å². The van der Waals surface area contributed by atoms with Gasteiger partial charge in [0, 0.05) is 18.7 Å². The SMILES string of the molecule is CC(C)N(C)S(=O)(=O)c1ccc(C(=O)NOCc2ccccc2)cc1. The lowest BCUT2D eigenvalue weighted by Gasteiger charge is -2.21. The summed E-state index contributed by atoms with van der Waals surface area (Å²) in [6.07, 6.45) is 0. The number of carbonyl (C=O) groups is 1. The van der Waals surface area contributed by atoms with E-state index in [2.05, 4.69) is 5.48 Å². The first-order chi connectivity index (χ1) is 11.8. The minimum Gasteiger partial charge on any atom is -0.269 e. The van der Waals surface area contributed by atoms with Gasteiger partial charge in [-0.25, -0.2) is 13.9 Å². The number of hydroxylamine groups is 1. The molecule has 0 fully saturated rings. The highest BCUT2D eigenvalue weighted by atomic mass is 32.2. The number of amides is 1. The standard InChI is InChI=1S/C18H22N2O4S/c1-14(2)20(3)25(22,23)17-11-9-16(10-12-17)18(21)19-24-13-15-7-5-4-6-8-15/h4-12,14H,13H2,1-3H3,(H,19,21). The van der Waals surface area contributed by atoms with E-state index in [1.165, 1.54) is 35.6 Å². The fraction of sp³-hybridized carbons (Fsp3) is 0.278. The molecule has 2 rings (SSSR count). The third-order valence-electron chi connectivity index (χ3n) is 3.77. The van der Waals surface area contributed by atoms with Crippen molar-refractivity contribution in [3.05, 3.63) is 65.7 Å². The Kier molecular flexibility index (Phi) is 6.30. The second kappa shape index (κ2) is 8.24. The van der Waals surface area contributed by atoms with E-state index < -0.39 is 15.9 Å². The average molecular weight is 362 g/mol. The van der Waals surface area contributed by atoms with Crippen LogP contribution in [0.2, 0.25) is 0 Å². The van der Waals surface area contributed by atoms with Crippen molar-refractivity contribution in [2.24, 2.45) is 0 Å². The molecule has 2 aromatic carbocycles. The molecule has 0 aliphatic heterocycles. The first-order valence-electron chi connectivity index (χ1n) is 7.86. The number of rotatable bonds is 7. The summed E-state index contributed by atoms with van der Waals surface area (Å²) in [6.45, 7) is 3.84. The summed E-state index contributed by atoms with van der Waals surface area (Å²) in [4.78, 5) is 17.4. The molecule has 0 saturated heterocycles. The maximum Gasteiger partial charge on any atom is 0.274 e. The maximum absolute atomic E-state index is 12.4. The molecule has 0 aliphatic rings. The summed E-state index contributed by atoms with van der Waals surface area (Å²) in [5.74, 6) is -0.433. The second-order valence-corrected chi connectivity index (χ2v) is 7.84. The Morgan fingerprint density at radius 3 is 2.24 bits per heavy atom. The highest BCUT2D eigenvalue weighted by Gasteiger charge is 2.23. The van der Waals surface area contributed by atoms with Gasteiger partial charge >= 0.3 is 0 Å². The number of benzene rings is 2. The average Bonchev–Trinajstić information content (AvgIpc) is 2.61. The molecule has 0 aromatic heterocycles. The molecule has 0 atom stereocenters. The molecule has 1 N–H and O–H groups in total. The van der Waals surface area contributed by atoms with E-state index in [0.29, 0.717) is 5.56 Å². The van der Waals surface area contributed by atoms with Crippen LogP contribution in [0.3, 0.4) is 0 Å². The van der Waals surface area contributed by atoms with Crippen LogP contribution in [0, 0.1) is 0 Å². The number of nitrogens with zero attached hydrogens (tertiary/aromatic N) is 1. The zero-order chi connectivity index (χ0) is 18.4. The van der Waals surface area contributed by atoms with E-state index >= 15 is 0 Å². The van der Waals surface area contributed by atoms with Crippen LogP contribution in [0.5, 0.6) is 0 Å². The van der Waals surface area contributed by atoms with Crippen LogP contribution < -0.4 is 5.48 Å². The summed E-state index contributed by atoms with van der Waals surface area (Å²) in [7, 11) is -2.04. The van der Waals surface area contributed by atoms with Gasteiger partial charge in [-0.3, -0.25) is 9.63 Å². The molecule has 134 valence electrons. The molecule has 7 heteroatoms. The maximum atomic E-state index is 12.4. The lowest BCUT2D eigenvalue weighted by Crippen LogP contribution is -2.33. The number of carbonyl (C=O) groups excluding carboxylic acids is 1. The minimum absolute atomic E-state index is 0.144. The largest absolute Gasteiger partial charge is 0.274 e. The van der Waals surface area contributed by atoms with E-state index in [1.54, 1.807) is 13.8 Å². The van der Waals surface area contributed by atoms with Gasteiger partial charge in [-0.2, -0.15) is 4.31 Å². The fourth-order valence-corrected chi connectivity index (χ4v) is 3.41. The Bertz CT molecular complexity index is 803. The summed E-state index contributed by atoms with van der Waals surface area (Å²) in [5, 5.41) is 0. The Hall–Kier alpha value is -2.22. The van der Waals surface area contributed by atoms with Crippen LogP contribution in [0.15, 0.2) is 59.5 Å². The predicted octanol–water partition coefficient (Wildman–Crippen LogP) is 2.58. The normalized spacial score (nSPS) is 11.7. The fourth-order valence-electron chi connectivity index (χ4n) is 2.04. The topological polar surface area (TPSA) is 75.7 Å². The van der Waals surface area contributed by atoms with E-state index in [0.717, 1.165) is 5.56 Å². The van der Waals surface area contributed by atoms with Crippen LogP contribution in [0.4, 0.5) is 0 Å². The lowest BCUT2D eigenvalue weighted by atomic mass is 10.2. The van der Waals surface area contributed by atoms with Gasteiger partial charge < -0.3 is 0 Å². The summed E-state index contributed by atoms with van der Waals surface area (Å²) < 4.78 is 26.1. The van der Waals surface area contributed by atoms with Gasteiger partial charge in [0.1, 0.15) is 0 Å². The zero-order valence-corrected chi connectivity index (χ0v) is 15.3. The van der Waals surface area contributed by atoms with Gasteiger partial charge in [0.15, 0.2) is 0 Å². The van der Waals surface area contributed by atoms with Gasteiger partial charge in [0.25, 0.3) is 5.91 Å². The van der Waals surface area contributed by atoms with Crippen LogP contribution in [0.25, 0.3) is 0 Å². The third-order valence-corrected chi connectivity index (χ3v) is 5.82. The van der Waals surface area contributed by atoms with Crippen LogP contribution in [0.1, 0.15) is 29.8 Å². The number of sulfonamides is 1. The second-order valence-electron chi connectivity index (χ2n) is 5.84. The summed E-state index contributed by atoms with van der Waals surface area (Å²) >= 11 is 0. The molecule has 0 bridgehead atoms. The molecule has 6 nitrogen and oxygen atoms in total. The van der Waals surface area contributed by atoms with Crippen molar-refractivity contribution in [2.75, 3.05) is 7.05 Å². The van der Waals surface area contributed by atoms with Crippen LogP contribution in [-0.4, -0.2) is 31.7 Å². The lowest BCUT2D eigenvalue weighted by molar-refractivity contribution is 0.0233. The number of hydrogen-bond acceptors (Lipinski definition) is 4. The van der Waals surface area contributed by atoms with Crippen LogP contribution in [-0.2, 0) is 21.5 Å². The van der Waals surface area contributed by atoms with Crippen molar-refractivity contribution in [3.8, 4) is 0 Å². The molecule has 0 unspecified atom stereocenters. The molecule has 2 aromatic rings. The van der Waals surface area contributed by atoms with Crippen molar-refractivity contribution in [1.29, 1.82) is 0 Å². The highest BCUT2D eigenvalue weighted by molar-refractivity contribution is 7.89. The van der Waals surface area contributed by atoms with Gasteiger partial charge in [-0.05, 0) is 43.7 Å². The molecule has 0 heterocycles. The van der Waals surface area contributed by atoms with Crippen molar-refractivity contribution in [2.45, 2.75) is 31.4 Å². The Morgan fingerprint density at radius 1 is 1.08 bits per heavy atom. The Balaban J connectivity index is 1.98. The van der Waals surface area contributed by atoms with Gasteiger partial charge in [0.05, 0.1) is 11.5 Å². The van der Waals surface area contributed by atoms with Gasteiger partial charge in [0.2, 0.25) is 10.0 Å². The first-order valence-corrected chi connectivity index (χ1v) is 9.30. The quantitative estimate of drug-likeness (QED) is 0.768. The molecule has 1 amide bonds. The van der Waals surface area contributed by atoms with Crippen LogP contribution >= 0.6 is 0 Å². The minimum atomic E-state index is -3.56. The van der Waals surface area contributed by atoms with E-state index in [-0.39, 0.29) is 17.5 Å². The third kappa shape index (κ3) is 4.88. The van der Waals surface area contributed by atoms with Gasteiger partial charge in [-0.1, -0.05) is 30.3 Å². The van der Waals surface area contributed by atoms with Crippen molar-refractivity contribution in [1.82, 2.24) is 9.79 Å². The van der Waals surface area contributed by atoms with E-state index in [1.807, 2.05) is 30.3 Å². The molecule has 0 aliphatic carbocycles. The molecule has 0 saturated carbocycles.